The van der Waals surface area contributed by atoms with Crippen LogP contribution in [0.2, 0.25) is 18.1 Å². The summed E-state index contributed by atoms with van der Waals surface area (Å²) in [5, 5.41) is 10.2. The maximum atomic E-state index is 12.3. The number of allylic oxidation sites excluding steroid dienone is 3. The number of hydrogen-bond donors (Lipinski definition) is 1. The highest BCUT2D eigenvalue weighted by molar-refractivity contribution is 6.74. The van der Waals surface area contributed by atoms with Crippen molar-refractivity contribution in [3.63, 3.8) is 0 Å². The Balaban J connectivity index is 4.59. The maximum Gasteiger partial charge on any atom is 0.315 e. The Hall–Kier alpha value is -0.913. The molecule has 0 rings (SSSR count). The highest BCUT2D eigenvalue weighted by Crippen LogP contribution is 2.36. The predicted molar refractivity (Wildman–Crippen MR) is 116 cm³/mol. The van der Waals surface area contributed by atoms with E-state index in [1.165, 1.54) is 0 Å². The van der Waals surface area contributed by atoms with Gasteiger partial charge in [-0.3, -0.25) is 4.79 Å². The number of hydrogen-bond acceptors (Lipinski definition) is 4. The molecule has 0 radical (unpaired) electrons. The minimum atomic E-state index is -1.67. The van der Waals surface area contributed by atoms with Crippen molar-refractivity contribution in [3.05, 3.63) is 23.8 Å². The molecule has 0 saturated carbocycles. The fourth-order valence-corrected chi connectivity index (χ4v) is 3.21. The third kappa shape index (κ3) is 10.9. The van der Waals surface area contributed by atoms with E-state index in [4.69, 9.17) is 9.16 Å². The van der Waals surface area contributed by atoms with Gasteiger partial charge < -0.3 is 14.3 Å². The topological polar surface area (TPSA) is 55.8 Å². The number of aliphatic hydroxyl groups excluding tert-OH is 1. The summed E-state index contributed by atoms with van der Waals surface area (Å²) in [7, 11) is -1.67. The lowest BCUT2D eigenvalue weighted by Gasteiger charge is -2.36. The summed E-state index contributed by atoms with van der Waals surface area (Å²) in [5.41, 5.74) is 0.378. The fraction of sp³-hybridized carbons (Fsp3) is 0.773. The zero-order chi connectivity index (χ0) is 21.5. The summed E-state index contributed by atoms with van der Waals surface area (Å²) in [6.45, 7) is 21.1. The molecule has 0 fully saturated rings. The van der Waals surface area contributed by atoms with Crippen LogP contribution in [0.4, 0.5) is 0 Å². The van der Waals surface area contributed by atoms with Crippen LogP contribution in [0, 0.1) is 5.92 Å². The van der Waals surface area contributed by atoms with Gasteiger partial charge in [-0.15, -0.1) is 0 Å². The van der Waals surface area contributed by atoms with Gasteiger partial charge >= 0.3 is 5.97 Å². The van der Waals surface area contributed by atoms with Crippen LogP contribution in [-0.2, 0) is 14.0 Å². The lowest BCUT2D eigenvalue weighted by atomic mass is 10.00. The monoisotopic (exact) mass is 398 g/mol. The van der Waals surface area contributed by atoms with E-state index < -0.39 is 31.9 Å². The van der Waals surface area contributed by atoms with Gasteiger partial charge in [-0.1, -0.05) is 44.6 Å². The first kappa shape index (κ1) is 26.1. The Morgan fingerprint density at radius 2 is 1.70 bits per heavy atom. The van der Waals surface area contributed by atoms with Crippen molar-refractivity contribution in [2.75, 3.05) is 6.61 Å². The van der Waals surface area contributed by atoms with Gasteiger partial charge in [0.05, 0.1) is 6.10 Å². The molecule has 158 valence electrons. The van der Waals surface area contributed by atoms with Gasteiger partial charge in [-0.25, -0.2) is 0 Å². The van der Waals surface area contributed by atoms with Gasteiger partial charge in [0, 0.05) is 6.61 Å². The van der Waals surface area contributed by atoms with Crippen LogP contribution in [0.5, 0.6) is 0 Å². The summed E-state index contributed by atoms with van der Waals surface area (Å²) in [5.74, 6) is -1.05. The second-order valence-corrected chi connectivity index (χ2v) is 14.7. The van der Waals surface area contributed by atoms with Crippen LogP contribution in [0.15, 0.2) is 23.8 Å². The molecular formula is C22H42O4Si. The van der Waals surface area contributed by atoms with Gasteiger partial charge in [0.2, 0.25) is 0 Å². The van der Waals surface area contributed by atoms with Crippen molar-refractivity contribution in [2.24, 2.45) is 5.92 Å². The minimum Gasteiger partial charge on any atom is -0.459 e. The van der Waals surface area contributed by atoms with Gasteiger partial charge in [0.25, 0.3) is 0 Å². The molecule has 0 aliphatic heterocycles. The van der Waals surface area contributed by atoms with Gasteiger partial charge in [0.1, 0.15) is 11.5 Å². The lowest BCUT2D eigenvalue weighted by Crippen LogP contribution is -2.40. The molecule has 1 N–H and O–H groups in total. The van der Waals surface area contributed by atoms with E-state index >= 15 is 0 Å². The van der Waals surface area contributed by atoms with Crippen LogP contribution in [0.25, 0.3) is 0 Å². The summed E-state index contributed by atoms with van der Waals surface area (Å²) in [4.78, 5) is 12.3. The summed E-state index contributed by atoms with van der Waals surface area (Å²) >= 11 is 0. The molecule has 0 aliphatic rings. The molecule has 0 heterocycles. The van der Waals surface area contributed by atoms with Gasteiger partial charge in [-0.05, 0) is 65.6 Å². The summed E-state index contributed by atoms with van der Waals surface area (Å²) in [6.07, 6.45) is 6.97. The zero-order valence-corrected chi connectivity index (χ0v) is 20.2. The van der Waals surface area contributed by atoms with Crippen LogP contribution in [0.1, 0.15) is 68.2 Å². The highest BCUT2D eigenvalue weighted by atomic mass is 28.4. The normalized spacial score (nSPS) is 16.5. The zero-order valence-electron chi connectivity index (χ0n) is 19.2. The van der Waals surface area contributed by atoms with E-state index in [0.29, 0.717) is 0 Å². The SMILES string of the molecule is CC(C=CCCCO[Si](C)(C)C(C)(C)C)=C[C@@H](C(=O)OC(C)(C)C)[C@H](C)O. The van der Waals surface area contributed by atoms with E-state index in [9.17, 15) is 9.90 Å². The second kappa shape index (κ2) is 10.6. The minimum absolute atomic E-state index is 0.236. The van der Waals surface area contributed by atoms with Crippen molar-refractivity contribution in [2.45, 2.75) is 98.1 Å². The second-order valence-electron chi connectivity index (χ2n) is 9.86. The van der Waals surface area contributed by atoms with Crippen LogP contribution < -0.4 is 0 Å². The highest BCUT2D eigenvalue weighted by Gasteiger charge is 2.36. The quantitative estimate of drug-likeness (QED) is 0.237. The lowest BCUT2D eigenvalue weighted by molar-refractivity contribution is -0.161. The van der Waals surface area contributed by atoms with E-state index in [1.54, 1.807) is 13.0 Å². The number of rotatable bonds is 9. The Labute approximate surface area is 168 Å². The van der Waals surface area contributed by atoms with Crippen molar-refractivity contribution in [3.8, 4) is 0 Å². The Kier molecular flexibility index (Phi) is 10.2. The molecule has 0 bridgehead atoms. The summed E-state index contributed by atoms with van der Waals surface area (Å²) < 4.78 is 11.6. The average molecular weight is 399 g/mol. The molecule has 27 heavy (non-hydrogen) atoms. The van der Waals surface area contributed by atoms with E-state index in [0.717, 1.165) is 25.0 Å². The number of unbranched alkanes of at least 4 members (excludes halogenated alkanes) is 1. The molecular weight excluding hydrogens is 356 g/mol. The first-order valence-electron chi connectivity index (χ1n) is 9.96. The molecule has 4 nitrogen and oxygen atoms in total. The summed E-state index contributed by atoms with van der Waals surface area (Å²) in [6, 6.07) is 0. The molecule has 0 saturated heterocycles. The van der Waals surface area contributed by atoms with Crippen molar-refractivity contribution in [1.29, 1.82) is 0 Å². The molecule has 0 amide bonds. The maximum absolute atomic E-state index is 12.3. The third-order valence-electron chi connectivity index (χ3n) is 4.81. The molecule has 0 aromatic heterocycles. The first-order chi connectivity index (χ1) is 12.1. The van der Waals surface area contributed by atoms with E-state index in [2.05, 4.69) is 39.9 Å². The number of aliphatic hydroxyl groups is 1. The Morgan fingerprint density at radius 1 is 1.15 bits per heavy atom. The van der Waals surface area contributed by atoms with Crippen molar-refractivity contribution >= 4 is 14.3 Å². The predicted octanol–water partition coefficient (Wildman–Crippen LogP) is 5.63. The smallest absolute Gasteiger partial charge is 0.315 e. The van der Waals surface area contributed by atoms with Crippen molar-refractivity contribution in [1.82, 2.24) is 0 Å². The number of esters is 1. The molecule has 5 heteroatoms. The molecule has 2 atom stereocenters. The molecule has 0 unspecified atom stereocenters. The first-order valence-corrected chi connectivity index (χ1v) is 12.9. The molecule has 0 aliphatic carbocycles. The van der Waals surface area contributed by atoms with Crippen LogP contribution >= 0.6 is 0 Å². The Bertz CT molecular complexity index is 519. The van der Waals surface area contributed by atoms with Gasteiger partial charge in [0.15, 0.2) is 8.32 Å². The molecule has 0 aromatic carbocycles. The van der Waals surface area contributed by atoms with Crippen molar-refractivity contribution < 1.29 is 19.1 Å². The Morgan fingerprint density at radius 3 is 2.15 bits per heavy atom. The number of carbonyl (C=O) groups is 1. The van der Waals surface area contributed by atoms with Crippen LogP contribution in [0.3, 0.4) is 0 Å². The molecule has 0 spiro atoms. The molecule has 0 aromatic rings. The number of carbonyl (C=O) groups excluding carboxylic acids is 1. The van der Waals surface area contributed by atoms with Crippen LogP contribution in [-0.4, -0.2) is 37.7 Å². The van der Waals surface area contributed by atoms with E-state index in [1.807, 2.05) is 33.8 Å². The number of ether oxygens (including phenoxy) is 1. The largest absolute Gasteiger partial charge is 0.459 e. The third-order valence-corrected chi connectivity index (χ3v) is 9.34. The fourth-order valence-electron chi connectivity index (χ4n) is 2.13. The average Bonchev–Trinajstić information content (AvgIpc) is 2.44. The van der Waals surface area contributed by atoms with E-state index in [-0.39, 0.29) is 5.04 Å². The van der Waals surface area contributed by atoms with Gasteiger partial charge in [-0.2, -0.15) is 0 Å². The standard InChI is InChI=1S/C22H42O4Si/c1-17(16-19(18(2)23)20(24)26-21(3,4)5)14-12-11-13-15-25-27(9,10)22(6,7)8/h12,14,16,18-19,23H,11,13,15H2,1-10H3/t18-,19+/m0/s1.